The molecule has 0 fully saturated rings. The summed E-state index contributed by atoms with van der Waals surface area (Å²) in [5, 5.41) is 0. The van der Waals surface area contributed by atoms with Gasteiger partial charge in [-0.05, 0) is 41.9 Å². The minimum Gasteiger partial charge on any atom is -0.262 e. The molecule has 0 aliphatic rings. The van der Waals surface area contributed by atoms with E-state index in [1.807, 2.05) is 30.7 Å². The smallest absolute Gasteiger partial charge is 0.242 e. The molecule has 2 heterocycles. The molecule has 5 heteroatoms. The normalized spacial score (nSPS) is 10.3. The number of nitrogens with zero attached hydrogens (tertiary/aromatic N) is 3. The maximum atomic E-state index is 4.15. The van der Waals surface area contributed by atoms with E-state index in [1.54, 1.807) is 12.4 Å². The first kappa shape index (κ1) is 10.2. The second-order valence-electron chi connectivity index (χ2n) is 3.29. The number of aryl methyl sites for hydroxylation is 2. The van der Waals surface area contributed by atoms with Crippen LogP contribution in [0.2, 0.25) is 0 Å². The Morgan fingerprint density at radius 1 is 1.13 bits per heavy atom. The van der Waals surface area contributed by atoms with E-state index in [-0.39, 0.29) is 0 Å². The summed E-state index contributed by atoms with van der Waals surface area (Å²) in [4.78, 5) is 8.29. The van der Waals surface area contributed by atoms with Crippen LogP contribution in [0.4, 0.5) is 5.95 Å². The van der Waals surface area contributed by atoms with Gasteiger partial charge < -0.3 is 0 Å². The molecule has 15 heavy (non-hydrogen) atoms. The molecule has 2 aromatic rings. The highest BCUT2D eigenvalue weighted by molar-refractivity contribution is 9.10. The zero-order chi connectivity index (χ0) is 10.8. The molecule has 0 spiro atoms. The van der Waals surface area contributed by atoms with Crippen LogP contribution in [-0.2, 0) is 0 Å². The van der Waals surface area contributed by atoms with Crippen molar-refractivity contribution in [1.82, 2.24) is 14.6 Å². The van der Waals surface area contributed by atoms with Gasteiger partial charge in [0.05, 0.1) is 4.47 Å². The van der Waals surface area contributed by atoms with Crippen molar-refractivity contribution in [3.63, 3.8) is 0 Å². The van der Waals surface area contributed by atoms with Crippen LogP contribution in [0, 0.1) is 13.8 Å². The molecule has 0 bridgehead atoms. The van der Waals surface area contributed by atoms with Gasteiger partial charge in [0.15, 0.2) is 0 Å². The standard InChI is InChI=1S/C10H11BrN4/c1-7-3-4-8(2)15(7)14-10-12-5-9(11)6-13-10/h3-6H,1-2H3,(H,12,13,14). The van der Waals surface area contributed by atoms with Crippen molar-refractivity contribution in [2.45, 2.75) is 13.8 Å². The molecule has 2 rings (SSSR count). The summed E-state index contributed by atoms with van der Waals surface area (Å²) in [5.74, 6) is 0.584. The van der Waals surface area contributed by atoms with Crippen LogP contribution in [-0.4, -0.2) is 14.6 Å². The summed E-state index contributed by atoms with van der Waals surface area (Å²) >= 11 is 3.29. The maximum absolute atomic E-state index is 4.15. The fourth-order valence-electron chi connectivity index (χ4n) is 1.31. The highest BCUT2D eigenvalue weighted by atomic mass is 79.9. The van der Waals surface area contributed by atoms with E-state index >= 15 is 0 Å². The van der Waals surface area contributed by atoms with Gasteiger partial charge in [-0.3, -0.25) is 10.1 Å². The summed E-state index contributed by atoms with van der Waals surface area (Å²) in [6.07, 6.45) is 3.42. The van der Waals surface area contributed by atoms with E-state index in [9.17, 15) is 0 Å². The van der Waals surface area contributed by atoms with Gasteiger partial charge in [0.2, 0.25) is 5.95 Å². The molecule has 2 aromatic heterocycles. The molecule has 0 radical (unpaired) electrons. The van der Waals surface area contributed by atoms with Gasteiger partial charge in [0, 0.05) is 23.8 Å². The molecule has 0 aromatic carbocycles. The van der Waals surface area contributed by atoms with Crippen molar-refractivity contribution in [3.05, 3.63) is 40.4 Å². The summed E-state index contributed by atoms with van der Waals surface area (Å²) in [7, 11) is 0. The minimum absolute atomic E-state index is 0.584. The topological polar surface area (TPSA) is 42.7 Å². The lowest BCUT2D eigenvalue weighted by molar-refractivity contribution is 0.855. The van der Waals surface area contributed by atoms with Gasteiger partial charge in [0.1, 0.15) is 0 Å². The fraction of sp³-hybridized carbons (Fsp3) is 0.200. The van der Waals surface area contributed by atoms with Gasteiger partial charge in [-0.2, -0.15) is 0 Å². The average molecular weight is 267 g/mol. The van der Waals surface area contributed by atoms with E-state index < -0.39 is 0 Å². The molecule has 0 saturated carbocycles. The summed E-state index contributed by atoms with van der Waals surface area (Å²) < 4.78 is 2.82. The lowest BCUT2D eigenvalue weighted by Gasteiger charge is -2.10. The number of aromatic nitrogens is 3. The molecule has 0 unspecified atom stereocenters. The van der Waals surface area contributed by atoms with Crippen LogP contribution in [0.3, 0.4) is 0 Å². The van der Waals surface area contributed by atoms with Gasteiger partial charge in [-0.1, -0.05) is 0 Å². The van der Waals surface area contributed by atoms with Crippen molar-refractivity contribution in [3.8, 4) is 0 Å². The van der Waals surface area contributed by atoms with Crippen molar-refractivity contribution < 1.29 is 0 Å². The summed E-state index contributed by atoms with van der Waals surface area (Å²) in [6.45, 7) is 4.05. The Labute approximate surface area is 96.5 Å². The van der Waals surface area contributed by atoms with Gasteiger partial charge in [-0.15, -0.1) is 0 Å². The van der Waals surface area contributed by atoms with E-state index in [2.05, 4.69) is 31.3 Å². The second-order valence-corrected chi connectivity index (χ2v) is 4.20. The van der Waals surface area contributed by atoms with E-state index in [4.69, 9.17) is 0 Å². The molecule has 0 aliphatic carbocycles. The highest BCUT2D eigenvalue weighted by Crippen LogP contribution is 2.10. The first-order chi connectivity index (χ1) is 7.16. The Morgan fingerprint density at radius 2 is 1.67 bits per heavy atom. The summed E-state index contributed by atoms with van der Waals surface area (Å²) in [6, 6.07) is 4.09. The number of hydrogen-bond acceptors (Lipinski definition) is 3. The SMILES string of the molecule is Cc1ccc(C)n1Nc1ncc(Br)cn1. The minimum atomic E-state index is 0.584. The zero-order valence-corrected chi connectivity index (χ0v) is 10.1. The predicted octanol–water partition coefficient (Wildman–Crippen LogP) is 2.53. The predicted molar refractivity (Wildman–Crippen MR) is 62.7 cm³/mol. The monoisotopic (exact) mass is 266 g/mol. The fourth-order valence-corrected chi connectivity index (χ4v) is 1.52. The van der Waals surface area contributed by atoms with E-state index in [1.165, 1.54) is 0 Å². The van der Waals surface area contributed by atoms with Crippen molar-refractivity contribution in [2.24, 2.45) is 0 Å². The Balaban J connectivity index is 2.25. The number of rotatable bonds is 2. The quantitative estimate of drug-likeness (QED) is 0.909. The first-order valence-corrected chi connectivity index (χ1v) is 5.35. The summed E-state index contributed by atoms with van der Waals surface area (Å²) in [5.41, 5.74) is 5.37. The molecular weight excluding hydrogens is 256 g/mol. The maximum Gasteiger partial charge on any atom is 0.242 e. The molecule has 78 valence electrons. The van der Waals surface area contributed by atoms with Crippen molar-refractivity contribution >= 4 is 21.9 Å². The Kier molecular flexibility index (Phi) is 2.73. The lowest BCUT2D eigenvalue weighted by atomic mass is 10.5. The van der Waals surface area contributed by atoms with Crippen LogP contribution in [0.25, 0.3) is 0 Å². The van der Waals surface area contributed by atoms with E-state index in [0.717, 1.165) is 15.9 Å². The second kappa shape index (κ2) is 4.02. The average Bonchev–Trinajstić information content (AvgIpc) is 2.53. The number of anilines is 1. The largest absolute Gasteiger partial charge is 0.262 e. The molecule has 0 aliphatic heterocycles. The van der Waals surface area contributed by atoms with Gasteiger partial charge >= 0.3 is 0 Å². The van der Waals surface area contributed by atoms with Crippen LogP contribution < -0.4 is 5.43 Å². The van der Waals surface area contributed by atoms with Crippen LogP contribution in [0.15, 0.2) is 29.0 Å². The van der Waals surface area contributed by atoms with Crippen LogP contribution >= 0.6 is 15.9 Å². The Hall–Kier alpha value is -1.36. The molecule has 1 N–H and O–H groups in total. The van der Waals surface area contributed by atoms with Gasteiger partial charge in [0.25, 0.3) is 0 Å². The molecule has 4 nitrogen and oxygen atoms in total. The Bertz CT molecular complexity index is 441. The number of hydrogen-bond donors (Lipinski definition) is 1. The Morgan fingerprint density at radius 3 is 2.20 bits per heavy atom. The van der Waals surface area contributed by atoms with E-state index in [0.29, 0.717) is 5.95 Å². The molecule has 0 atom stereocenters. The molecule has 0 amide bonds. The van der Waals surface area contributed by atoms with Crippen molar-refractivity contribution in [2.75, 3.05) is 5.43 Å². The van der Waals surface area contributed by atoms with Crippen molar-refractivity contribution in [1.29, 1.82) is 0 Å². The van der Waals surface area contributed by atoms with Gasteiger partial charge in [-0.25, -0.2) is 9.97 Å². The zero-order valence-electron chi connectivity index (χ0n) is 8.53. The third-order valence-electron chi connectivity index (χ3n) is 2.10. The third kappa shape index (κ3) is 2.18. The highest BCUT2D eigenvalue weighted by Gasteiger charge is 2.02. The molecule has 0 saturated heterocycles. The lowest BCUT2D eigenvalue weighted by Crippen LogP contribution is -2.14. The number of halogens is 1. The van der Waals surface area contributed by atoms with Crippen LogP contribution in [0.1, 0.15) is 11.4 Å². The molecular formula is C10H11BrN4. The number of nitrogens with one attached hydrogen (secondary N) is 1. The van der Waals surface area contributed by atoms with Crippen LogP contribution in [0.5, 0.6) is 0 Å². The third-order valence-corrected chi connectivity index (χ3v) is 2.51. The first-order valence-electron chi connectivity index (χ1n) is 4.56.